The summed E-state index contributed by atoms with van der Waals surface area (Å²) in [5.74, 6) is -0.863. The molecule has 3 rings (SSSR count). The molecular weight excluding hydrogens is 462 g/mol. The second-order valence-electron chi connectivity index (χ2n) is 8.22. The average molecular weight is 495 g/mol. The van der Waals surface area contributed by atoms with Crippen molar-refractivity contribution in [3.05, 3.63) is 45.8 Å². The third kappa shape index (κ3) is 5.46. The van der Waals surface area contributed by atoms with Crippen molar-refractivity contribution in [2.24, 2.45) is 0 Å². The van der Waals surface area contributed by atoms with Crippen LogP contribution in [-0.4, -0.2) is 58.4 Å². The lowest BCUT2D eigenvalue weighted by molar-refractivity contribution is -0.895. The summed E-state index contributed by atoms with van der Waals surface area (Å²) in [6.07, 6.45) is 2.20. The maximum absolute atomic E-state index is 12.9. The van der Waals surface area contributed by atoms with Gasteiger partial charge in [-0.25, -0.2) is 13.2 Å². The molecule has 0 saturated carbocycles. The maximum atomic E-state index is 12.9. The van der Waals surface area contributed by atoms with Crippen LogP contribution in [0.2, 0.25) is 0 Å². The summed E-state index contributed by atoms with van der Waals surface area (Å²) in [6.45, 7) is 6.48. The summed E-state index contributed by atoms with van der Waals surface area (Å²) >= 11 is 1.40. The van der Waals surface area contributed by atoms with Crippen LogP contribution in [0.3, 0.4) is 0 Å². The number of amides is 1. The van der Waals surface area contributed by atoms with Crippen molar-refractivity contribution in [1.29, 1.82) is 0 Å². The Morgan fingerprint density at radius 2 is 1.79 bits per heavy atom. The molecule has 10 heteroatoms. The monoisotopic (exact) mass is 494 g/mol. The summed E-state index contributed by atoms with van der Waals surface area (Å²) in [7, 11) is -0.190. The highest BCUT2D eigenvalue weighted by Gasteiger charge is 2.30. The largest absolute Gasteiger partial charge is 0.465 e. The third-order valence-electron chi connectivity index (χ3n) is 5.67. The number of anilines is 1. The average Bonchev–Trinajstić information content (AvgIpc) is 3.15. The number of fused-ring (bicyclic) bond motifs is 1. The summed E-state index contributed by atoms with van der Waals surface area (Å²) in [5, 5.41) is 3.32. The van der Waals surface area contributed by atoms with Gasteiger partial charge in [0.05, 0.1) is 36.0 Å². The molecule has 2 aromatic rings. The molecule has 33 heavy (non-hydrogen) atoms. The quantitative estimate of drug-likeness (QED) is 0.521. The zero-order chi connectivity index (χ0) is 24.2. The number of benzene rings is 1. The third-order valence-corrected chi connectivity index (χ3v) is 8.73. The predicted molar refractivity (Wildman–Crippen MR) is 129 cm³/mol. The number of carbonyl (C=O) groups excluding carboxylic acids is 2. The molecule has 1 aliphatic rings. The fourth-order valence-corrected chi connectivity index (χ4v) is 6.95. The van der Waals surface area contributed by atoms with Crippen LogP contribution in [0.25, 0.3) is 0 Å². The Kier molecular flexibility index (Phi) is 8.28. The number of methoxy groups -OCH3 is 1. The minimum Gasteiger partial charge on any atom is -0.465 e. The highest BCUT2D eigenvalue weighted by Crippen LogP contribution is 2.35. The molecule has 1 amide bonds. The molecule has 0 radical (unpaired) electrons. The van der Waals surface area contributed by atoms with Gasteiger partial charge in [0.15, 0.2) is 0 Å². The zero-order valence-electron chi connectivity index (χ0n) is 19.6. The normalized spacial score (nSPS) is 15.8. The molecular formula is C23H32N3O5S2+. The van der Waals surface area contributed by atoms with E-state index in [9.17, 15) is 18.0 Å². The highest BCUT2D eigenvalue weighted by atomic mass is 32.2. The van der Waals surface area contributed by atoms with E-state index in [4.69, 9.17) is 4.74 Å². The SMILES string of the molecule is CCCN(CCC)S(=O)(=O)c1ccc(C(=O)Nc2sc3c(c2C(=O)OC)CC[NH+](C)C3)cc1. The maximum Gasteiger partial charge on any atom is 0.341 e. The van der Waals surface area contributed by atoms with Gasteiger partial charge in [0, 0.05) is 25.1 Å². The number of thiophene rings is 1. The minimum absolute atomic E-state index is 0.161. The van der Waals surface area contributed by atoms with Crippen LogP contribution >= 0.6 is 11.3 Å². The van der Waals surface area contributed by atoms with Crippen LogP contribution in [0.15, 0.2) is 29.2 Å². The molecule has 1 aromatic heterocycles. The molecule has 2 N–H and O–H groups in total. The van der Waals surface area contributed by atoms with Crippen molar-refractivity contribution in [2.75, 3.05) is 39.1 Å². The van der Waals surface area contributed by atoms with Crippen molar-refractivity contribution in [2.45, 2.75) is 44.6 Å². The molecule has 8 nitrogen and oxygen atoms in total. The molecule has 0 bridgehead atoms. The van der Waals surface area contributed by atoms with E-state index in [1.165, 1.54) is 51.9 Å². The number of sulfonamides is 1. The van der Waals surface area contributed by atoms with Crippen molar-refractivity contribution < 1.29 is 27.6 Å². The van der Waals surface area contributed by atoms with Gasteiger partial charge in [0.2, 0.25) is 10.0 Å². The van der Waals surface area contributed by atoms with Crippen molar-refractivity contribution in [1.82, 2.24) is 4.31 Å². The van der Waals surface area contributed by atoms with Crippen molar-refractivity contribution >= 4 is 38.2 Å². The van der Waals surface area contributed by atoms with E-state index in [1.807, 2.05) is 13.8 Å². The van der Waals surface area contributed by atoms with E-state index < -0.39 is 21.9 Å². The Balaban J connectivity index is 1.84. The van der Waals surface area contributed by atoms with Crippen LogP contribution in [0.1, 0.15) is 57.8 Å². The Labute approximate surface area is 199 Å². The molecule has 180 valence electrons. The van der Waals surface area contributed by atoms with Gasteiger partial charge in [0.1, 0.15) is 11.5 Å². The van der Waals surface area contributed by atoms with Gasteiger partial charge in [-0.3, -0.25) is 4.79 Å². The Hall–Kier alpha value is -2.27. The van der Waals surface area contributed by atoms with Gasteiger partial charge in [-0.1, -0.05) is 13.8 Å². The Morgan fingerprint density at radius 3 is 2.36 bits per heavy atom. The van der Waals surface area contributed by atoms with Crippen molar-refractivity contribution in [3.63, 3.8) is 0 Å². The van der Waals surface area contributed by atoms with Crippen LogP contribution in [-0.2, 0) is 27.7 Å². The summed E-state index contributed by atoms with van der Waals surface area (Å²) in [5.41, 5.74) is 1.69. The molecule has 0 spiro atoms. The van der Waals surface area contributed by atoms with E-state index in [2.05, 4.69) is 12.4 Å². The lowest BCUT2D eigenvalue weighted by Gasteiger charge is -2.21. The number of hydrogen-bond donors (Lipinski definition) is 2. The fraction of sp³-hybridized carbons (Fsp3) is 0.478. The van der Waals surface area contributed by atoms with Gasteiger partial charge in [-0.2, -0.15) is 4.31 Å². The topological polar surface area (TPSA) is 97.2 Å². The van der Waals surface area contributed by atoms with Gasteiger partial charge >= 0.3 is 5.97 Å². The van der Waals surface area contributed by atoms with Crippen LogP contribution in [0.4, 0.5) is 5.00 Å². The number of ether oxygens (including phenoxy) is 1. The summed E-state index contributed by atoms with van der Waals surface area (Å²) < 4.78 is 32.3. The molecule has 1 unspecified atom stereocenters. The second-order valence-corrected chi connectivity index (χ2v) is 11.3. The first kappa shape index (κ1) is 25.4. The summed E-state index contributed by atoms with van der Waals surface area (Å²) in [6, 6.07) is 5.92. The molecule has 1 aromatic carbocycles. The first-order chi connectivity index (χ1) is 15.7. The van der Waals surface area contributed by atoms with Gasteiger partial charge in [0.25, 0.3) is 5.91 Å². The number of rotatable bonds is 9. The lowest BCUT2D eigenvalue weighted by atomic mass is 10.0. The lowest BCUT2D eigenvalue weighted by Crippen LogP contribution is -3.08. The number of quaternary nitrogens is 1. The second kappa shape index (κ2) is 10.8. The van der Waals surface area contributed by atoms with Crippen molar-refractivity contribution in [3.8, 4) is 0 Å². The van der Waals surface area contributed by atoms with E-state index in [0.29, 0.717) is 29.2 Å². The Morgan fingerprint density at radius 1 is 1.15 bits per heavy atom. The first-order valence-electron chi connectivity index (χ1n) is 11.2. The summed E-state index contributed by atoms with van der Waals surface area (Å²) in [4.78, 5) is 28.0. The number of nitrogens with one attached hydrogen (secondary N) is 2. The minimum atomic E-state index is -3.62. The van der Waals surface area contributed by atoms with Crippen LogP contribution in [0, 0.1) is 0 Å². The molecule has 0 saturated heterocycles. The van der Waals surface area contributed by atoms with Crippen LogP contribution < -0.4 is 10.2 Å². The highest BCUT2D eigenvalue weighted by molar-refractivity contribution is 7.89. The fourth-order valence-electron chi connectivity index (χ4n) is 3.98. The number of nitrogens with zero attached hydrogens (tertiary/aromatic N) is 1. The number of esters is 1. The number of hydrogen-bond acceptors (Lipinski definition) is 6. The molecule has 0 aliphatic carbocycles. The molecule has 1 atom stereocenters. The molecule has 2 heterocycles. The van der Waals surface area contributed by atoms with Gasteiger partial charge in [-0.15, -0.1) is 11.3 Å². The predicted octanol–water partition coefficient (Wildman–Crippen LogP) is 2.17. The van der Waals surface area contributed by atoms with E-state index in [1.54, 1.807) is 0 Å². The van der Waals surface area contributed by atoms with Crippen LogP contribution in [0.5, 0.6) is 0 Å². The molecule has 1 aliphatic heterocycles. The van der Waals surface area contributed by atoms with Gasteiger partial charge in [-0.05, 0) is 42.7 Å². The van der Waals surface area contributed by atoms with E-state index in [0.717, 1.165) is 42.8 Å². The zero-order valence-corrected chi connectivity index (χ0v) is 21.2. The standard InChI is InChI=1S/C23H31N3O5S2/c1-5-12-26(13-6-2)33(29,30)17-9-7-16(8-10-17)21(27)24-22-20(23(28)31-4)18-11-14-25(3)15-19(18)32-22/h7-10H,5-6,11-15H2,1-4H3,(H,24,27)/p+1. The first-order valence-corrected chi connectivity index (χ1v) is 13.4. The molecule has 0 fully saturated rings. The van der Waals surface area contributed by atoms with E-state index >= 15 is 0 Å². The van der Waals surface area contributed by atoms with E-state index in [-0.39, 0.29) is 4.90 Å². The Bertz CT molecular complexity index is 1100. The number of likely N-dealkylation sites (N-methyl/N-ethyl adjacent to an activating group) is 1. The number of carbonyl (C=O) groups is 2. The van der Waals surface area contributed by atoms with Gasteiger partial charge < -0.3 is 15.0 Å². The smallest absolute Gasteiger partial charge is 0.341 e.